The highest BCUT2D eigenvalue weighted by Gasteiger charge is 2.13. The van der Waals surface area contributed by atoms with Crippen LogP contribution in [0.4, 0.5) is 10.2 Å². The summed E-state index contributed by atoms with van der Waals surface area (Å²) < 4.78 is 12.8. The van der Waals surface area contributed by atoms with Gasteiger partial charge in [0.25, 0.3) is 5.91 Å². The molecule has 98 valence electrons. The van der Waals surface area contributed by atoms with Crippen molar-refractivity contribution in [3.63, 3.8) is 0 Å². The van der Waals surface area contributed by atoms with E-state index in [-0.39, 0.29) is 29.3 Å². The standard InChI is InChI=1S/C13H13FN4O/c1-8(9-2-4-10(14)5-3-9)17-13(19)11-6-16-7-12(15)18-11/h2-8H,1H3,(H2,15,18)(H,17,19). The van der Waals surface area contributed by atoms with Crippen molar-refractivity contribution in [3.8, 4) is 0 Å². The fourth-order valence-corrected chi connectivity index (χ4v) is 1.60. The van der Waals surface area contributed by atoms with Gasteiger partial charge in [-0.3, -0.25) is 9.78 Å². The topological polar surface area (TPSA) is 80.9 Å². The van der Waals surface area contributed by atoms with Gasteiger partial charge in [0.2, 0.25) is 0 Å². The first-order valence-electron chi connectivity index (χ1n) is 5.70. The minimum atomic E-state index is -0.378. The van der Waals surface area contributed by atoms with E-state index < -0.39 is 0 Å². The number of nitrogens with two attached hydrogens (primary N) is 1. The van der Waals surface area contributed by atoms with E-state index in [9.17, 15) is 9.18 Å². The molecule has 1 amide bonds. The Morgan fingerprint density at radius 2 is 2.00 bits per heavy atom. The van der Waals surface area contributed by atoms with Crippen LogP contribution in [-0.2, 0) is 0 Å². The van der Waals surface area contributed by atoms with E-state index in [2.05, 4.69) is 15.3 Å². The summed E-state index contributed by atoms with van der Waals surface area (Å²) in [6, 6.07) is 5.66. The van der Waals surface area contributed by atoms with Crippen LogP contribution in [0.3, 0.4) is 0 Å². The zero-order valence-electron chi connectivity index (χ0n) is 10.3. The molecule has 0 spiro atoms. The number of anilines is 1. The molecule has 0 aliphatic rings. The van der Waals surface area contributed by atoms with Crippen molar-refractivity contribution >= 4 is 11.7 Å². The monoisotopic (exact) mass is 260 g/mol. The van der Waals surface area contributed by atoms with Gasteiger partial charge in [0.1, 0.15) is 17.3 Å². The van der Waals surface area contributed by atoms with Crippen molar-refractivity contribution in [2.75, 3.05) is 5.73 Å². The van der Waals surface area contributed by atoms with Crippen LogP contribution < -0.4 is 11.1 Å². The van der Waals surface area contributed by atoms with Gasteiger partial charge in [-0.25, -0.2) is 9.37 Å². The molecule has 0 saturated carbocycles. The summed E-state index contributed by atoms with van der Waals surface area (Å²) in [5.41, 5.74) is 6.40. The summed E-state index contributed by atoms with van der Waals surface area (Å²) in [6.45, 7) is 1.80. The molecule has 19 heavy (non-hydrogen) atoms. The molecule has 0 aliphatic heterocycles. The average molecular weight is 260 g/mol. The van der Waals surface area contributed by atoms with Gasteiger partial charge >= 0.3 is 0 Å². The van der Waals surface area contributed by atoms with Crippen LogP contribution in [0.1, 0.15) is 29.0 Å². The second kappa shape index (κ2) is 5.43. The molecule has 0 fully saturated rings. The first-order chi connectivity index (χ1) is 9.06. The van der Waals surface area contributed by atoms with Gasteiger partial charge in [-0.15, -0.1) is 0 Å². The number of carbonyl (C=O) groups excluding carboxylic acids is 1. The van der Waals surface area contributed by atoms with Crippen molar-refractivity contribution in [3.05, 3.63) is 53.7 Å². The van der Waals surface area contributed by atoms with E-state index in [0.717, 1.165) is 5.56 Å². The molecule has 2 rings (SSSR count). The predicted octanol–water partition coefficient (Wildman–Crippen LogP) is 1.69. The summed E-state index contributed by atoms with van der Waals surface area (Å²) in [5.74, 6) is -0.511. The van der Waals surface area contributed by atoms with Gasteiger partial charge < -0.3 is 11.1 Å². The summed E-state index contributed by atoms with van der Waals surface area (Å²) in [6.07, 6.45) is 2.70. The van der Waals surface area contributed by atoms with Crippen molar-refractivity contribution in [2.45, 2.75) is 13.0 Å². The zero-order valence-corrected chi connectivity index (χ0v) is 10.3. The maximum Gasteiger partial charge on any atom is 0.272 e. The third-order valence-corrected chi connectivity index (χ3v) is 2.60. The van der Waals surface area contributed by atoms with Crippen molar-refractivity contribution < 1.29 is 9.18 Å². The van der Waals surface area contributed by atoms with Gasteiger partial charge in [-0.2, -0.15) is 0 Å². The van der Waals surface area contributed by atoms with Crippen LogP contribution in [0.5, 0.6) is 0 Å². The van der Waals surface area contributed by atoms with Crippen LogP contribution in [-0.4, -0.2) is 15.9 Å². The van der Waals surface area contributed by atoms with E-state index >= 15 is 0 Å². The van der Waals surface area contributed by atoms with Gasteiger partial charge in [0.05, 0.1) is 18.4 Å². The first-order valence-corrected chi connectivity index (χ1v) is 5.70. The maximum atomic E-state index is 12.8. The number of amides is 1. The summed E-state index contributed by atoms with van der Waals surface area (Å²) in [5, 5.41) is 2.74. The lowest BCUT2D eigenvalue weighted by Gasteiger charge is -2.13. The Morgan fingerprint density at radius 1 is 1.32 bits per heavy atom. The molecule has 1 heterocycles. The third-order valence-electron chi connectivity index (χ3n) is 2.60. The highest BCUT2D eigenvalue weighted by molar-refractivity contribution is 5.92. The van der Waals surface area contributed by atoms with E-state index in [4.69, 9.17) is 5.73 Å². The number of rotatable bonds is 3. The Hall–Kier alpha value is -2.50. The third kappa shape index (κ3) is 3.25. The second-order valence-electron chi connectivity index (χ2n) is 4.08. The number of hydrogen-bond donors (Lipinski definition) is 2. The molecule has 0 aliphatic carbocycles. The second-order valence-corrected chi connectivity index (χ2v) is 4.08. The van der Waals surface area contributed by atoms with E-state index in [0.29, 0.717) is 0 Å². The lowest BCUT2D eigenvalue weighted by atomic mass is 10.1. The number of carbonyl (C=O) groups is 1. The average Bonchev–Trinajstić information content (AvgIpc) is 2.39. The number of benzene rings is 1. The molecule has 2 aromatic rings. The van der Waals surface area contributed by atoms with E-state index in [1.54, 1.807) is 19.1 Å². The Balaban J connectivity index is 2.08. The number of nitrogens with one attached hydrogen (secondary N) is 1. The molecular weight excluding hydrogens is 247 g/mol. The van der Waals surface area contributed by atoms with Gasteiger partial charge in [0.15, 0.2) is 0 Å². The zero-order chi connectivity index (χ0) is 13.8. The number of aromatic nitrogens is 2. The highest BCUT2D eigenvalue weighted by Crippen LogP contribution is 2.13. The predicted molar refractivity (Wildman–Crippen MR) is 68.7 cm³/mol. The molecule has 3 N–H and O–H groups in total. The Bertz CT molecular complexity index is 585. The van der Waals surface area contributed by atoms with Crippen molar-refractivity contribution in [1.82, 2.24) is 15.3 Å². The Kier molecular flexibility index (Phi) is 3.70. The normalized spacial score (nSPS) is 11.9. The van der Waals surface area contributed by atoms with Gasteiger partial charge in [0, 0.05) is 0 Å². The largest absolute Gasteiger partial charge is 0.382 e. The summed E-state index contributed by atoms with van der Waals surface area (Å²) in [4.78, 5) is 19.6. The minimum Gasteiger partial charge on any atom is -0.382 e. The molecule has 1 aromatic heterocycles. The lowest BCUT2D eigenvalue weighted by molar-refractivity contribution is 0.0934. The van der Waals surface area contributed by atoms with E-state index in [1.807, 2.05) is 0 Å². The van der Waals surface area contributed by atoms with Gasteiger partial charge in [-0.05, 0) is 24.6 Å². The Labute approximate surface area is 109 Å². The molecule has 5 nitrogen and oxygen atoms in total. The fourth-order valence-electron chi connectivity index (χ4n) is 1.60. The highest BCUT2D eigenvalue weighted by atomic mass is 19.1. The molecule has 1 unspecified atom stereocenters. The number of halogens is 1. The molecule has 0 bridgehead atoms. The molecule has 0 saturated heterocycles. The summed E-state index contributed by atoms with van der Waals surface area (Å²) >= 11 is 0. The number of nitrogen functional groups attached to an aromatic ring is 1. The molecule has 6 heteroatoms. The smallest absolute Gasteiger partial charge is 0.272 e. The molecule has 1 aromatic carbocycles. The molecular formula is C13H13FN4O. The maximum absolute atomic E-state index is 12.8. The van der Waals surface area contributed by atoms with Crippen LogP contribution in [0.25, 0.3) is 0 Å². The quantitative estimate of drug-likeness (QED) is 0.880. The lowest BCUT2D eigenvalue weighted by Crippen LogP contribution is -2.27. The molecule has 1 atom stereocenters. The van der Waals surface area contributed by atoms with Crippen LogP contribution >= 0.6 is 0 Å². The summed E-state index contributed by atoms with van der Waals surface area (Å²) in [7, 11) is 0. The van der Waals surface area contributed by atoms with Crippen LogP contribution in [0.2, 0.25) is 0 Å². The Morgan fingerprint density at radius 3 is 2.63 bits per heavy atom. The minimum absolute atomic E-state index is 0.147. The van der Waals surface area contributed by atoms with E-state index in [1.165, 1.54) is 24.5 Å². The molecule has 0 radical (unpaired) electrons. The van der Waals surface area contributed by atoms with Crippen LogP contribution in [0.15, 0.2) is 36.7 Å². The van der Waals surface area contributed by atoms with Crippen LogP contribution in [0, 0.1) is 5.82 Å². The number of hydrogen-bond acceptors (Lipinski definition) is 4. The SMILES string of the molecule is CC(NC(=O)c1cncc(N)n1)c1ccc(F)cc1. The first kappa shape index (κ1) is 12.9. The van der Waals surface area contributed by atoms with Crippen molar-refractivity contribution in [1.29, 1.82) is 0 Å². The fraction of sp³-hybridized carbons (Fsp3) is 0.154. The number of nitrogens with zero attached hydrogens (tertiary/aromatic N) is 2. The van der Waals surface area contributed by atoms with Gasteiger partial charge in [-0.1, -0.05) is 12.1 Å². The van der Waals surface area contributed by atoms with Crippen molar-refractivity contribution in [2.24, 2.45) is 0 Å².